The van der Waals surface area contributed by atoms with Crippen LogP contribution in [0.3, 0.4) is 0 Å². The van der Waals surface area contributed by atoms with Crippen molar-refractivity contribution in [2.45, 2.75) is 63.1 Å². The molecule has 2 atom stereocenters. The molecule has 1 aromatic heterocycles. The summed E-state index contributed by atoms with van der Waals surface area (Å²) in [6.07, 6.45) is 3.85. The Morgan fingerprint density at radius 3 is 2.78 bits per heavy atom. The maximum atomic E-state index is 13.4. The molecule has 0 aliphatic carbocycles. The molecule has 150 valence electrons. The summed E-state index contributed by atoms with van der Waals surface area (Å²) in [4.78, 5) is 16.4. The quantitative estimate of drug-likeness (QED) is 0.868. The zero-order chi connectivity index (χ0) is 19.5. The van der Waals surface area contributed by atoms with Crippen molar-refractivity contribution in [3.63, 3.8) is 0 Å². The first-order valence-corrected chi connectivity index (χ1v) is 9.53. The van der Waals surface area contributed by atoms with Crippen LogP contribution in [0, 0.1) is 5.82 Å². The Kier molecular flexibility index (Phi) is 5.72. The molecule has 2 fully saturated rings. The summed E-state index contributed by atoms with van der Waals surface area (Å²) >= 11 is 0. The Hall–Kier alpha value is -1.73. The topological polar surface area (TPSA) is 69.7 Å². The molecule has 0 aromatic carbocycles. The van der Waals surface area contributed by atoms with Crippen molar-refractivity contribution in [1.82, 2.24) is 10.3 Å². The fraction of sp³-hybridized carbons (Fsp3) is 0.700. The highest BCUT2D eigenvalue weighted by Crippen LogP contribution is 2.46. The second-order valence-corrected chi connectivity index (χ2v) is 8.58. The van der Waals surface area contributed by atoms with Gasteiger partial charge < -0.3 is 19.5 Å². The van der Waals surface area contributed by atoms with Crippen LogP contribution in [0.4, 0.5) is 9.18 Å². The van der Waals surface area contributed by atoms with Gasteiger partial charge in [0.25, 0.3) is 0 Å². The largest absolute Gasteiger partial charge is 0.444 e. The molecule has 27 heavy (non-hydrogen) atoms. The lowest BCUT2D eigenvalue weighted by atomic mass is 9.68. The number of hydrogen-bond donors (Lipinski definition) is 1. The summed E-state index contributed by atoms with van der Waals surface area (Å²) in [5.41, 5.74) is -0.316. The number of aromatic nitrogens is 1. The van der Waals surface area contributed by atoms with Gasteiger partial charge >= 0.3 is 6.09 Å². The predicted molar refractivity (Wildman–Crippen MR) is 98.1 cm³/mol. The summed E-state index contributed by atoms with van der Waals surface area (Å²) in [5.74, 6) is -0.355. The highest BCUT2D eigenvalue weighted by Gasteiger charge is 2.49. The van der Waals surface area contributed by atoms with Crippen molar-refractivity contribution in [2.24, 2.45) is 0 Å². The number of rotatable bonds is 4. The van der Waals surface area contributed by atoms with Crippen LogP contribution in [0.1, 0.15) is 52.1 Å². The van der Waals surface area contributed by atoms with E-state index in [2.05, 4.69) is 10.3 Å². The molecule has 1 spiro atoms. The number of amides is 1. The van der Waals surface area contributed by atoms with Gasteiger partial charge in [0, 0.05) is 37.3 Å². The highest BCUT2D eigenvalue weighted by atomic mass is 19.1. The number of nitrogens with zero attached hydrogens (tertiary/aromatic N) is 1. The first kappa shape index (κ1) is 20.0. The first-order chi connectivity index (χ1) is 12.7. The van der Waals surface area contributed by atoms with Crippen molar-refractivity contribution >= 4 is 6.09 Å². The van der Waals surface area contributed by atoms with Crippen LogP contribution in [0.25, 0.3) is 0 Å². The van der Waals surface area contributed by atoms with E-state index in [0.717, 1.165) is 25.0 Å². The average molecular weight is 380 g/mol. The summed E-state index contributed by atoms with van der Waals surface area (Å²) < 4.78 is 30.4. The Balaban J connectivity index is 1.74. The number of nitrogens with one attached hydrogen (secondary N) is 1. The molecule has 0 saturated carbocycles. The van der Waals surface area contributed by atoms with Crippen LogP contribution in [0.2, 0.25) is 0 Å². The number of ether oxygens (including phenoxy) is 3. The second-order valence-electron chi connectivity index (χ2n) is 8.58. The normalized spacial score (nSPS) is 28.3. The van der Waals surface area contributed by atoms with Crippen LogP contribution >= 0.6 is 0 Å². The minimum absolute atomic E-state index is 0.297. The summed E-state index contributed by atoms with van der Waals surface area (Å²) in [6.45, 7) is 7.79. The molecule has 1 N–H and O–H groups in total. The van der Waals surface area contributed by atoms with Crippen LogP contribution in [0.5, 0.6) is 0 Å². The fourth-order valence-corrected chi connectivity index (χ4v) is 4.03. The van der Waals surface area contributed by atoms with E-state index in [4.69, 9.17) is 14.2 Å². The molecule has 6 nitrogen and oxygen atoms in total. The lowest BCUT2D eigenvalue weighted by Gasteiger charge is -2.45. The van der Waals surface area contributed by atoms with Gasteiger partial charge in [-0.05, 0) is 52.2 Å². The Bertz CT molecular complexity index is 653. The van der Waals surface area contributed by atoms with Crippen molar-refractivity contribution in [3.05, 3.63) is 29.8 Å². The van der Waals surface area contributed by atoms with E-state index >= 15 is 0 Å². The molecule has 2 aliphatic heterocycles. The summed E-state index contributed by atoms with van der Waals surface area (Å²) in [5, 5.41) is 2.84. The number of carbonyl (C=O) groups is 1. The predicted octanol–water partition coefficient (Wildman–Crippen LogP) is 3.34. The standard InChI is InChI=1S/C20H29FN2O4/c1-18(2,3)27-17(24)22-9-6-19(16-5-4-15(21)12-23-16)7-11-26-20(13-19)8-10-25-14-20/h4-5,12H,6-11,13-14H2,1-3H3,(H,22,24)/t19-,20-/m1/s1. The van der Waals surface area contributed by atoms with Gasteiger partial charge in [0.05, 0.1) is 18.4 Å². The maximum absolute atomic E-state index is 13.4. The van der Waals surface area contributed by atoms with Crippen molar-refractivity contribution in [1.29, 1.82) is 0 Å². The van der Waals surface area contributed by atoms with E-state index in [-0.39, 0.29) is 16.8 Å². The Morgan fingerprint density at radius 2 is 2.15 bits per heavy atom. The summed E-state index contributed by atoms with van der Waals surface area (Å²) in [7, 11) is 0. The number of alkyl carbamates (subject to hydrolysis) is 1. The lowest BCUT2D eigenvalue weighted by Crippen LogP contribution is -2.49. The van der Waals surface area contributed by atoms with E-state index in [1.807, 2.05) is 20.8 Å². The molecule has 0 bridgehead atoms. The number of carbonyl (C=O) groups excluding carboxylic acids is 1. The van der Waals surface area contributed by atoms with E-state index in [0.29, 0.717) is 32.8 Å². The molecule has 0 unspecified atom stereocenters. The lowest BCUT2D eigenvalue weighted by molar-refractivity contribution is -0.109. The van der Waals surface area contributed by atoms with Crippen LogP contribution < -0.4 is 5.32 Å². The molecule has 2 aliphatic rings. The molecular weight excluding hydrogens is 351 g/mol. The third-order valence-electron chi connectivity index (χ3n) is 5.26. The SMILES string of the molecule is CC(C)(C)OC(=O)NCC[C@@]1(c2ccc(F)cn2)CCO[C@]2(CCOC2)C1. The maximum Gasteiger partial charge on any atom is 0.407 e. The first-order valence-electron chi connectivity index (χ1n) is 9.53. The average Bonchev–Trinajstić information content (AvgIpc) is 3.01. The fourth-order valence-electron chi connectivity index (χ4n) is 4.03. The minimum Gasteiger partial charge on any atom is -0.444 e. The number of pyridine rings is 1. The molecular formula is C20H29FN2O4. The van der Waals surface area contributed by atoms with Crippen molar-refractivity contribution in [2.75, 3.05) is 26.4 Å². The second kappa shape index (κ2) is 7.72. The monoisotopic (exact) mass is 380 g/mol. The van der Waals surface area contributed by atoms with E-state index in [1.165, 1.54) is 12.3 Å². The smallest absolute Gasteiger partial charge is 0.407 e. The van der Waals surface area contributed by atoms with E-state index in [1.54, 1.807) is 6.07 Å². The van der Waals surface area contributed by atoms with E-state index < -0.39 is 11.7 Å². The zero-order valence-corrected chi connectivity index (χ0v) is 16.3. The Morgan fingerprint density at radius 1 is 1.33 bits per heavy atom. The van der Waals surface area contributed by atoms with E-state index in [9.17, 15) is 9.18 Å². The van der Waals surface area contributed by atoms with Crippen molar-refractivity contribution < 1.29 is 23.4 Å². The van der Waals surface area contributed by atoms with Crippen LogP contribution in [-0.4, -0.2) is 48.6 Å². The van der Waals surface area contributed by atoms with Crippen molar-refractivity contribution in [3.8, 4) is 0 Å². The third kappa shape index (κ3) is 4.96. The third-order valence-corrected chi connectivity index (χ3v) is 5.26. The molecule has 3 heterocycles. The van der Waals surface area contributed by atoms with Gasteiger partial charge in [-0.25, -0.2) is 9.18 Å². The van der Waals surface area contributed by atoms with Gasteiger partial charge in [0.2, 0.25) is 0 Å². The Labute approximate surface area is 159 Å². The molecule has 1 aromatic rings. The molecule has 0 radical (unpaired) electrons. The molecule has 1 amide bonds. The van der Waals surface area contributed by atoms with Gasteiger partial charge in [-0.15, -0.1) is 0 Å². The molecule has 2 saturated heterocycles. The molecule has 3 rings (SSSR count). The number of hydrogen-bond acceptors (Lipinski definition) is 5. The van der Waals surface area contributed by atoms with Crippen LogP contribution in [0.15, 0.2) is 18.3 Å². The minimum atomic E-state index is -0.537. The number of halogens is 1. The van der Waals surface area contributed by atoms with Gasteiger partial charge in [-0.1, -0.05) is 0 Å². The zero-order valence-electron chi connectivity index (χ0n) is 16.3. The summed E-state index contributed by atoms with van der Waals surface area (Å²) in [6, 6.07) is 3.19. The molecule has 7 heteroatoms. The van der Waals surface area contributed by atoms with Crippen LogP contribution in [-0.2, 0) is 19.6 Å². The van der Waals surface area contributed by atoms with Gasteiger partial charge in [-0.2, -0.15) is 0 Å². The van der Waals surface area contributed by atoms with Gasteiger partial charge in [0.15, 0.2) is 0 Å². The van der Waals surface area contributed by atoms with Gasteiger partial charge in [0.1, 0.15) is 11.4 Å². The highest BCUT2D eigenvalue weighted by molar-refractivity contribution is 5.67. The van der Waals surface area contributed by atoms with Gasteiger partial charge in [-0.3, -0.25) is 4.98 Å².